The standard InChI is InChI=1S/C17H18N6O2/c1-11(5-3-6-12-9-18-10-20-17(12)25-2)21-16(24)15-22-13-7-4-8-19-14(13)23-15/h3-4,6-11H,5H2,1-2H3,(H,21,24)(H,19,22,23)/b6-3+/t11-/m0/s1. The minimum atomic E-state index is -0.264. The maximum absolute atomic E-state index is 12.3. The first-order valence-corrected chi connectivity index (χ1v) is 7.79. The van der Waals surface area contributed by atoms with Gasteiger partial charge in [-0.15, -0.1) is 0 Å². The van der Waals surface area contributed by atoms with Crippen LogP contribution in [-0.2, 0) is 0 Å². The molecule has 0 bridgehead atoms. The van der Waals surface area contributed by atoms with Crippen LogP contribution in [0.3, 0.4) is 0 Å². The van der Waals surface area contributed by atoms with Crippen molar-refractivity contribution in [1.82, 2.24) is 30.2 Å². The Balaban J connectivity index is 1.59. The Morgan fingerprint density at radius 2 is 2.32 bits per heavy atom. The summed E-state index contributed by atoms with van der Waals surface area (Å²) in [6, 6.07) is 3.55. The van der Waals surface area contributed by atoms with Crippen molar-refractivity contribution < 1.29 is 9.53 Å². The van der Waals surface area contributed by atoms with Gasteiger partial charge in [0.25, 0.3) is 5.91 Å². The number of imidazole rings is 1. The lowest BCUT2D eigenvalue weighted by molar-refractivity contribution is 0.0931. The molecule has 8 nitrogen and oxygen atoms in total. The highest BCUT2D eigenvalue weighted by atomic mass is 16.5. The summed E-state index contributed by atoms with van der Waals surface area (Å²) in [5, 5.41) is 2.90. The fraction of sp³-hybridized carbons (Fsp3) is 0.235. The molecule has 3 aromatic rings. The third-order valence-electron chi connectivity index (χ3n) is 3.53. The minimum absolute atomic E-state index is 0.0689. The van der Waals surface area contributed by atoms with Gasteiger partial charge in [-0.05, 0) is 25.5 Å². The van der Waals surface area contributed by atoms with Gasteiger partial charge >= 0.3 is 0 Å². The molecule has 0 aromatic carbocycles. The van der Waals surface area contributed by atoms with Crippen LogP contribution < -0.4 is 10.1 Å². The molecule has 3 rings (SSSR count). The number of methoxy groups -OCH3 is 1. The van der Waals surface area contributed by atoms with Gasteiger partial charge in [0, 0.05) is 18.4 Å². The van der Waals surface area contributed by atoms with Crippen molar-refractivity contribution in [3.63, 3.8) is 0 Å². The SMILES string of the molecule is COc1ncncc1/C=C/C[C@H](C)NC(=O)c1nc2ncccc2[nH]1. The van der Waals surface area contributed by atoms with E-state index in [4.69, 9.17) is 4.74 Å². The molecule has 1 amide bonds. The first kappa shape index (κ1) is 16.6. The quantitative estimate of drug-likeness (QED) is 0.712. The Bertz CT molecular complexity index is 872. The molecule has 0 saturated heterocycles. The number of H-pyrrole nitrogens is 1. The average molecular weight is 338 g/mol. The molecular formula is C17H18N6O2. The number of rotatable bonds is 6. The number of carbonyl (C=O) groups is 1. The lowest BCUT2D eigenvalue weighted by Gasteiger charge is -2.10. The first-order valence-electron chi connectivity index (χ1n) is 7.79. The van der Waals surface area contributed by atoms with Gasteiger partial charge in [0.1, 0.15) is 6.33 Å². The van der Waals surface area contributed by atoms with Crippen LogP contribution >= 0.6 is 0 Å². The number of carbonyl (C=O) groups excluding carboxylic acids is 1. The second kappa shape index (κ2) is 7.52. The number of aromatic nitrogens is 5. The molecule has 128 valence electrons. The lowest BCUT2D eigenvalue weighted by Crippen LogP contribution is -2.32. The Hall–Kier alpha value is -3.29. The highest BCUT2D eigenvalue weighted by Crippen LogP contribution is 2.14. The number of fused-ring (bicyclic) bond motifs is 1. The zero-order valence-electron chi connectivity index (χ0n) is 13.9. The van der Waals surface area contributed by atoms with E-state index in [1.807, 2.05) is 25.1 Å². The Labute approximate surface area is 144 Å². The molecule has 0 aliphatic rings. The van der Waals surface area contributed by atoms with E-state index in [1.165, 1.54) is 6.33 Å². The predicted octanol–water partition coefficient (Wildman–Crippen LogP) is 1.98. The van der Waals surface area contributed by atoms with Gasteiger partial charge in [0.05, 0.1) is 18.2 Å². The van der Waals surface area contributed by atoms with Gasteiger partial charge in [-0.2, -0.15) is 0 Å². The van der Waals surface area contributed by atoms with Crippen LogP contribution in [0.25, 0.3) is 17.2 Å². The van der Waals surface area contributed by atoms with Crippen molar-refractivity contribution in [2.45, 2.75) is 19.4 Å². The fourth-order valence-corrected chi connectivity index (χ4v) is 2.32. The van der Waals surface area contributed by atoms with Crippen LogP contribution in [-0.4, -0.2) is 44.0 Å². The molecule has 25 heavy (non-hydrogen) atoms. The van der Waals surface area contributed by atoms with Crippen molar-refractivity contribution in [3.05, 3.63) is 48.3 Å². The summed E-state index contributed by atoms with van der Waals surface area (Å²) < 4.78 is 5.16. The van der Waals surface area contributed by atoms with E-state index in [0.717, 1.165) is 11.1 Å². The molecule has 0 radical (unpaired) electrons. The number of nitrogens with one attached hydrogen (secondary N) is 2. The molecule has 0 unspecified atom stereocenters. The van der Waals surface area contributed by atoms with E-state index in [-0.39, 0.29) is 17.8 Å². The molecule has 0 fully saturated rings. The lowest BCUT2D eigenvalue weighted by atomic mass is 10.2. The number of pyridine rings is 1. The molecule has 0 aliphatic heterocycles. The van der Waals surface area contributed by atoms with Crippen LogP contribution in [0.5, 0.6) is 5.88 Å². The summed E-state index contributed by atoms with van der Waals surface area (Å²) >= 11 is 0. The van der Waals surface area contributed by atoms with Crippen molar-refractivity contribution in [2.75, 3.05) is 7.11 Å². The number of aromatic amines is 1. The Morgan fingerprint density at radius 1 is 1.44 bits per heavy atom. The van der Waals surface area contributed by atoms with E-state index in [1.54, 1.807) is 25.6 Å². The van der Waals surface area contributed by atoms with Crippen LogP contribution in [0.4, 0.5) is 0 Å². The molecule has 0 aliphatic carbocycles. The summed E-state index contributed by atoms with van der Waals surface area (Å²) in [5.74, 6) is 0.500. The van der Waals surface area contributed by atoms with Gasteiger partial charge in [-0.1, -0.05) is 12.2 Å². The highest BCUT2D eigenvalue weighted by molar-refractivity contribution is 5.93. The summed E-state index contributed by atoms with van der Waals surface area (Å²) in [6.45, 7) is 1.92. The molecule has 0 saturated carbocycles. The predicted molar refractivity (Wildman–Crippen MR) is 93.1 cm³/mol. The van der Waals surface area contributed by atoms with Crippen LogP contribution in [0.15, 0.2) is 36.9 Å². The van der Waals surface area contributed by atoms with Crippen LogP contribution in [0.2, 0.25) is 0 Å². The topological polar surface area (TPSA) is 106 Å². The first-order chi connectivity index (χ1) is 12.2. The number of ether oxygens (including phenoxy) is 1. The number of hydrogen-bond acceptors (Lipinski definition) is 6. The average Bonchev–Trinajstić information content (AvgIpc) is 3.06. The normalized spacial score (nSPS) is 12.4. The van der Waals surface area contributed by atoms with Gasteiger partial charge in [0.2, 0.25) is 5.88 Å². The van der Waals surface area contributed by atoms with E-state index in [9.17, 15) is 4.79 Å². The highest BCUT2D eigenvalue weighted by Gasteiger charge is 2.13. The zero-order chi connectivity index (χ0) is 17.6. The largest absolute Gasteiger partial charge is 0.480 e. The number of nitrogens with zero attached hydrogens (tertiary/aromatic N) is 4. The third-order valence-corrected chi connectivity index (χ3v) is 3.53. The van der Waals surface area contributed by atoms with E-state index in [2.05, 4.69) is 30.2 Å². The molecule has 2 N–H and O–H groups in total. The summed E-state index contributed by atoms with van der Waals surface area (Å²) in [6.07, 6.45) is 9.19. The van der Waals surface area contributed by atoms with Gasteiger partial charge in [0.15, 0.2) is 11.5 Å². The van der Waals surface area contributed by atoms with Crippen LogP contribution in [0.1, 0.15) is 29.5 Å². The minimum Gasteiger partial charge on any atom is -0.480 e. The molecule has 0 spiro atoms. The third kappa shape index (κ3) is 3.97. The maximum Gasteiger partial charge on any atom is 0.287 e. The molecule has 8 heteroatoms. The molecule has 3 heterocycles. The van der Waals surface area contributed by atoms with Gasteiger partial charge in [-0.25, -0.2) is 19.9 Å². The van der Waals surface area contributed by atoms with Crippen LogP contribution in [0, 0.1) is 0 Å². The molecule has 3 aromatic heterocycles. The summed E-state index contributed by atoms with van der Waals surface area (Å²) in [5.41, 5.74) is 2.04. The number of hydrogen-bond donors (Lipinski definition) is 2. The maximum atomic E-state index is 12.3. The fourth-order valence-electron chi connectivity index (χ4n) is 2.32. The van der Waals surface area contributed by atoms with Crippen molar-refractivity contribution in [3.8, 4) is 5.88 Å². The van der Waals surface area contributed by atoms with Crippen molar-refractivity contribution >= 4 is 23.1 Å². The Kier molecular flexibility index (Phi) is 4.98. The Morgan fingerprint density at radius 3 is 3.12 bits per heavy atom. The van der Waals surface area contributed by atoms with E-state index in [0.29, 0.717) is 17.9 Å². The summed E-state index contributed by atoms with van der Waals surface area (Å²) in [7, 11) is 1.56. The van der Waals surface area contributed by atoms with Gasteiger partial charge in [-0.3, -0.25) is 4.79 Å². The van der Waals surface area contributed by atoms with E-state index < -0.39 is 0 Å². The van der Waals surface area contributed by atoms with Gasteiger partial charge < -0.3 is 15.0 Å². The molecule has 1 atom stereocenters. The van der Waals surface area contributed by atoms with Crippen molar-refractivity contribution in [1.29, 1.82) is 0 Å². The summed E-state index contributed by atoms with van der Waals surface area (Å²) in [4.78, 5) is 31.5. The number of amides is 1. The molecular weight excluding hydrogens is 320 g/mol. The smallest absolute Gasteiger partial charge is 0.287 e. The van der Waals surface area contributed by atoms with E-state index >= 15 is 0 Å². The van der Waals surface area contributed by atoms with Crippen molar-refractivity contribution in [2.24, 2.45) is 0 Å². The second-order valence-electron chi connectivity index (χ2n) is 5.46. The zero-order valence-corrected chi connectivity index (χ0v) is 13.9. The monoisotopic (exact) mass is 338 g/mol. The second-order valence-corrected chi connectivity index (χ2v) is 5.46.